The topological polar surface area (TPSA) is 55.8 Å². The van der Waals surface area contributed by atoms with E-state index in [1.54, 1.807) is 31.0 Å². The normalized spacial score (nSPS) is 18.8. The molecule has 1 aliphatic heterocycles. The van der Waals surface area contributed by atoms with Crippen molar-refractivity contribution in [3.8, 4) is 0 Å². The zero-order chi connectivity index (χ0) is 17.0. The lowest BCUT2D eigenvalue weighted by molar-refractivity contribution is 0.162. The third-order valence-electron chi connectivity index (χ3n) is 4.01. The van der Waals surface area contributed by atoms with Gasteiger partial charge < -0.3 is 20.2 Å². The van der Waals surface area contributed by atoms with Crippen LogP contribution in [0.3, 0.4) is 0 Å². The molecule has 2 unspecified atom stereocenters. The minimum atomic E-state index is -0.436. The van der Waals surface area contributed by atoms with Crippen molar-refractivity contribution < 1.29 is 14.3 Å². The zero-order valence-corrected chi connectivity index (χ0v) is 14.2. The first kappa shape index (κ1) is 17.8. The predicted octanol–water partition coefficient (Wildman–Crippen LogP) is 2.47. The first-order valence-electron chi connectivity index (χ1n) is 7.76. The van der Waals surface area contributed by atoms with Crippen LogP contribution in [0.15, 0.2) is 18.2 Å². The minimum Gasteiger partial charge on any atom is -0.393 e. The number of urea groups is 1. The smallest absolute Gasteiger partial charge is 0.317 e. The Kier molecular flexibility index (Phi) is 6.07. The van der Waals surface area contributed by atoms with Crippen molar-refractivity contribution in [2.24, 2.45) is 0 Å². The van der Waals surface area contributed by atoms with E-state index in [0.29, 0.717) is 19.5 Å². The molecule has 0 aromatic heterocycles. The van der Waals surface area contributed by atoms with Gasteiger partial charge in [-0.25, -0.2) is 9.18 Å². The fraction of sp³-hybridized carbons (Fsp3) is 0.562. The van der Waals surface area contributed by atoms with E-state index in [-0.39, 0.29) is 17.1 Å². The lowest BCUT2D eigenvalue weighted by atomic mass is 10.2. The Labute approximate surface area is 141 Å². The highest BCUT2D eigenvalue weighted by Crippen LogP contribution is 2.25. The molecule has 7 heteroatoms. The Morgan fingerprint density at radius 2 is 2.35 bits per heavy atom. The summed E-state index contributed by atoms with van der Waals surface area (Å²) in [6.07, 6.45) is 0.928. The van der Waals surface area contributed by atoms with Crippen LogP contribution in [0.4, 0.5) is 14.9 Å². The maximum Gasteiger partial charge on any atom is 0.317 e. The molecule has 1 aliphatic rings. The lowest BCUT2D eigenvalue weighted by Crippen LogP contribution is -2.44. The Hall–Kier alpha value is -1.53. The molecule has 0 radical (unpaired) electrons. The van der Waals surface area contributed by atoms with Crippen LogP contribution in [0, 0.1) is 5.82 Å². The number of carbonyl (C=O) groups excluding carboxylic acids is 1. The average Bonchev–Trinajstić information content (AvgIpc) is 2.96. The summed E-state index contributed by atoms with van der Waals surface area (Å²) in [5.41, 5.74) is 0.770. The van der Waals surface area contributed by atoms with Crippen molar-refractivity contribution in [1.82, 2.24) is 10.2 Å². The number of benzene rings is 1. The number of aliphatic hydroxyl groups excluding tert-OH is 1. The highest BCUT2D eigenvalue weighted by Gasteiger charge is 2.25. The van der Waals surface area contributed by atoms with E-state index in [1.165, 1.54) is 6.07 Å². The average molecular weight is 344 g/mol. The van der Waals surface area contributed by atoms with Gasteiger partial charge in [0, 0.05) is 38.4 Å². The summed E-state index contributed by atoms with van der Waals surface area (Å²) < 4.78 is 13.5. The minimum absolute atomic E-state index is 0.0234. The SMILES string of the molecule is CC(O)CCN(C)C(=O)NC1CCN(c2ccc(Cl)c(F)c2)C1. The molecule has 1 aromatic carbocycles. The molecule has 2 atom stereocenters. The first-order chi connectivity index (χ1) is 10.9. The van der Waals surface area contributed by atoms with Gasteiger partial charge in [-0.1, -0.05) is 11.6 Å². The van der Waals surface area contributed by atoms with Gasteiger partial charge in [0.25, 0.3) is 0 Å². The molecule has 23 heavy (non-hydrogen) atoms. The van der Waals surface area contributed by atoms with E-state index in [2.05, 4.69) is 5.32 Å². The van der Waals surface area contributed by atoms with E-state index in [1.807, 2.05) is 4.90 Å². The van der Waals surface area contributed by atoms with E-state index in [4.69, 9.17) is 11.6 Å². The van der Waals surface area contributed by atoms with E-state index < -0.39 is 11.9 Å². The largest absolute Gasteiger partial charge is 0.393 e. The highest BCUT2D eigenvalue weighted by molar-refractivity contribution is 6.30. The van der Waals surface area contributed by atoms with Gasteiger partial charge in [-0.3, -0.25) is 0 Å². The van der Waals surface area contributed by atoms with Crippen molar-refractivity contribution in [3.05, 3.63) is 29.0 Å². The molecule has 2 rings (SSSR count). The summed E-state index contributed by atoms with van der Waals surface area (Å²) in [6, 6.07) is 4.61. The number of halogens is 2. The van der Waals surface area contributed by atoms with Crippen LogP contribution in [0.1, 0.15) is 19.8 Å². The third-order valence-corrected chi connectivity index (χ3v) is 4.32. The lowest BCUT2D eigenvalue weighted by Gasteiger charge is -2.22. The second-order valence-corrected chi connectivity index (χ2v) is 6.45. The van der Waals surface area contributed by atoms with Crippen LogP contribution in [0.25, 0.3) is 0 Å². The standard InChI is InChI=1S/C16H23ClFN3O2/c1-11(22)5-7-20(2)16(23)19-12-6-8-21(10-12)13-3-4-14(17)15(18)9-13/h3-4,9,11-12,22H,5-8,10H2,1-2H3,(H,19,23). The predicted molar refractivity (Wildman–Crippen MR) is 89.5 cm³/mol. The fourth-order valence-electron chi connectivity index (χ4n) is 2.56. The number of carbonyl (C=O) groups is 1. The molecule has 128 valence electrons. The van der Waals surface area contributed by atoms with Crippen molar-refractivity contribution in [2.75, 3.05) is 31.6 Å². The van der Waals surface area contributed by atoms with Crippen molar-refractivity contribution in [2.45, 2.75) is 31.9 Å². The Balaban J connectivity index is 1.85. The number of nitrogens with one attached hydrogen (secondary N) is 1. The molecule has 1 saturated heterocycles. The molecule has 1 fully saturated rings. The van der Waals surface area contributed by atoms with Gasteiger partial charge in [0.05, 0.1) is 11.1 Å². The van der Waals surface area contributed by atoms with E-state index in [0.717, 1.165) is 18.7 Å². The Morgan fingerprint density at radius 1 is 1.61 bits per heavy atom. The molecule has 0 saturated carbocycles. The molecule has 5 nitrogen and oxygen atoms in total. The molecular weight excluding hydrogens is 321 g/mol. The van der Waals surface area contributed by atoms with Gasteiger partial charge in [-0.05, 0) is 38.0 Å². The molecular formula is C16H23ClFN3O2. The molecule has 0 aliphatic carbocycles. The second kappa shape index (κ2) is 7.84. The Morgan fingerprint density at radius 3 is 3.00 bits per heavy atom. The number of hydrogen-bond acceptors (Lipinski definition) is 3. The van der Waals surface area contributed by atoms with Crippen molar-refractivity contribution in [1.29, 1.82) is 0 Å². The van der Waals surface area contributed by atoms with Crippen molar-refractivity contribution >= 4 is 23.3 Å². The van der Waals surface area contributed by atoms with Gasteiger partial charge in [0.15, 0.2) is 0 Å². The quantitative estimate of drug-likeness (QED) is 0.863. The molecule has 0 spiro atoms. The monoisotopic (exact) mass is 343 g/mol. The van der Waals surface area contributed by atoms with Gasteiger partial charge in [-0.2, -0.15) is 0 Å². The van der Waals surface area contributed by atoms with Crippen molar-refractivity contribution in [3.63, 3.8) is 0 Å². The summed E-state index contributed by atoms with van der Waals surface area (Å²) >= 11 is 5.70. The van der Waals surface area contributed by atoms with E-state index >= 15 is 0 Å². The number of anilines is 1. The maximum atomic E-state index is 13.5. The zero-order valence-electron chi connectivity index (χ0n) is 13.4. The molecule has 2 amide bonds. The van der Waals surface area contributed by atoms with Gasteiger partial charge >= 0.3 is 6.03 Å². The van der Waals surface area contributed by atoms with Gasteiger partial charge in [-0.15, -0.1) is 0 Å². The summed E-state index contributed by atoms with van der Waals surface area (Å²) in [4.78, 5) is 15.7. The number of nitrogens with zero attached hydrogens (tertiary/aromatic N) is 2. The highest BCUT2D eigenvalue weighted by atomic mass is 35.5. The molecule has 1 heterocycles. The van der Waals surface area contributed by atoms with Gasteiger partial charge in [0.2, 0.25) is 0 Å². The molecule has 2 N–H and O–H groups in total. The number of hydrogen-bond donors (Lipinski definition) is 2. The summed E-state index contributed by atoms with van der Waals surface area (Å²) in [5, 5.41) is 12.3. The van der Waals surface area contributed by atoms with E-state index in [9.17, 15) is 14.3 Å². The van der Waals surface area contributed by atoms with Crippen LogP contribution in [0.5, 0.6) is 0 Å². The number of rotatable bonds is 5. The van der Waals surface area contributed by atoms with Crippen LogP contribution in [-0.2, 0) is 0 Å². The maximum absolute atomic E-state index is 13.5. The van der Waals surface area contributed by atoms with Gasteiger partial charge in [0.1, 0.15) is 5.82 Å². The van der Waals surface area contributed by atoms with Crippen LogP contribution in [-0.4, -0.2) is 54.9 Å². The summed E-state index contributed by atoms with van der Waals surface area (Å²) in [7, 11) is 1.71. The molecule has 1 aromatic rings. The second-order valence-electron chi connectivity index (χ2n) is 6.04. The fourth-order valence-corrected chi connectivity index (χ4v) is 2.68. The number of aliphatic hydroxyl groups is 1. The van der Waals surface area contributed by atoms with Crippen LogP contribution >= 0.6 is 11.6 Å². The van der Waals surface area contributed by atoms with Crippen LogP contribution in [0.2, 0.25) is 5.02 Å². The molecule has 0 bridgehead atoms. The summed E-state index contributed by atoms with van der Waals surface area (Å²) in [5.74, 6) is -0.436. The van der Waals surface area contributed by atoms with Crippen LogP contribution < -0.4 is 10.2 Å². The number of amides is 2. The summed E-state index contributed by atoms with van der Waals surface area (Å²) in [6.45, 7) is 3.59. The third kappa shape index (κ3) is 4.97. The Bertz CT molecular complexity index is 556. The first-order valence-corrected chi connectivity index (χ1v) is 8.14.